The second kappa shape index (κ2) is 5.38. The fourth-order valence-electron chi connectivity index (χ4n) is 2.23. The Balaban J connectivity index is 2.20. The van der Waals surface area contributed by atoms with Crippen LogP contribution in [-0.2, 0) is 0 Å². The predicted molar refractivity (Wildman–Crippen MR) is 67.3 cm³/mol. The van der Waals surface area contributed by atoms with Crippen LogP contribution in [0.5, 0.6) is 5.75 Å². The van der Waals surface area contributed by atoms with Crippen molar-refractivity contribution >= 4 is 5.91 Å². The van der Waals surface area contributed by atoms with Crippen molar-refractivity contribution in [2.45, 2.75) is 19.8 Å². The minimum absolute atomic E-state index is 0.141. The van der Waals surface area contributed by atoms with Crippen molar-refractivity contribution in [1.82, 2.24) is 4.90 Å². The number of carbonyl (C=O) groups is 1. The largest absolute Gasteiger partial charge is 0.496 e. The van der Waals surface area contributed by atoms with Crippen molar-refractivity contribution in [2.24, 2.45) is 5.92 Å². The standard InChI is InChI=1S/C14H18FNO2/c1-10-5-7-16(8-6-10)14(17)12-9-11(15)3-4-13(12)18-2/h3-4,9-10H,5-8H2,1-2H3. The van der Waals surface area contributed by atoms with Gasteiger partial charge in [-0.3, -0.25) is 4.79 Å². The summed E-state index contributed by atoms with van der Waals surface area (Å²) in [6, 6.07) is 4.04. The third-order valence-electron chi connectivity index (χ3n) is 3.46. The van der Waals surface area contributed by atoms with Crippen LogP contribution in [0.2, 0.25) is 0 Å². The van der Waals surface area contributed by atoms with Crippen molar-refractivity contribution in [2.75, 3.05) is 20.2 Å². The third-order valence-corrected chi connectivity index (χ3v) is 3.46. The van der Waals surface area contributed by atoms with Gasteiger partial charge in [-0.2, -0.15) is 0 Å². The molecule has 1 fully saturated rings. The number of hydrogen-bond donors (Lipinski definition) is 0. The average Bonchev–Trinajstić information content (AvgIpc) is 2.39. The van der Waals surface area contributed by atoms with Crippen LogP contribution in [0.1, 0.15) is 30.1 Å². The highest BCUT2D eigenvalue weighted by atomic mass is 19.1. The van der Waals surface area contributed by atoms with E-state index in [1.54, 1.807) is 4.90 Å². The first-order valence-electron chi connectivity index (χ1n) is 6.24. The fraction of sp³-hybridized carbons (Fsp3) is 0.500. The van der Waals surface area contributed by atoms with E-state index in [4.69, 9.17) is 4.74 Å². The molecule has 18 heavy (non-hydrogen) atoms. The molecule has 0 aliphatic carbocycles. The maximum atomic E-state index is 13.2. The van der Waals surface area contributed by atoms with Gasteiger partial charge in [0, 0.05) is 13.1 Å². The molecule has 4 heteroatoms. The van der Waals surface area contributed by atoms with Gasteiger partial charge in [-0.15, -0.1) is 0 Å². The smallest absolute Gasteiger partial charge is 0.257 e. The molecule has 2 rings (SSSR count). The van der Waals surface area contributed by atoms with Crippen molar-refractivity contribution < 1.29 is 13.9 Å². The lowest BCUT2D eigenvalue weighted by atomic mass is 9.98. The van der Waals surface area contributed by atoms with Gasteiger partial charge in [-0.25, -0.2) is 4.39 Å². The van der Waals surface area contributed by atoms with E-state index in [0.29, 0.717) is 17.2 Å². The topological polar surface area (TPSA) is 29.5 Å². The lowest BCUT2D eigenvalue weighted by Crippen LogP contribution is -2.38. The van der Waals surface area contributed by atoms with E-state index in [0.717, 1.165) is 25.9 Å². The number of hydrogen-bond acceptors (Lipinski definition) is 2. The van der Waals surface area contributed by atoms with Crippen molar-refractivity contribution in [3.8, 4) is 5.75 Å². The van der Waals surface area contributed by atoms with E-state index in [1.807, 2.05) is 0 Å². The average molecular weight is 251 g/mol. The highest BCUT2D eigenvalue weighted by Crippen LogP contribution is 2.24. The van der Waals surface area contributed by atoms with Crippen molar-refractivity contribution in [1.29, 1.82) is 0 Å². The summed E-state index contributed by atoms with van der Waals surface area (Å²) in [4.78, 5) is 14.1. The first-order valence-corrected chi connectivity index (χ1v) is 6.24. The Morgan fingerprint density at radius 2 is 2.06 bits per heavy atom. The molecule has 1 amide bonds. The number of likely N-dealkylation sites (tertiary alicyclic amines) is 1. The Hall–Kier alpha value is -1.58. The van der Waals surface area contributed by atoms with E-state index < -0.39 is 5.82 Å². The van der Waals surface area contributed by atoms with E-state index in [2.05, 4.69) is 6.92 Å². The molecule has 1 aliphatic rings. The van der Waals surface area contributed by atoms with Crippen LogP contribution in [0.4, 0.5) is 4.39 Å². The van der Waals surface area contributed by atoms with Crippen molar-refractivity contribution in [3.63, 3.8) is 0 Å². The summed E-state index contributed by atoms with van der Waals surface area (Å²) in [6.07, 6.45) is 2.01. The highest BCUT2D eigenvalue weighted by molar-refractivity contribution is 5.97. The number of carbonyl (C=O) groups excluding carboxylic acids is 1. The SMILES string of the molecule is COc1ccc(F)cc1C(=O)N1CCC(C)CC1. The quantitative estimate of drug-likeness (QED) is 0.808. The first kappa shape index (κ1) is 12.9. The molecular formula is C14H18FNO2. The summed E-state index contributed by atoms with van der Waals surface area (Å²) in [5, 5.41) is 0. The highest BCUT2D eigenvalue weighted by Gasteiger charge is 2.24. The summed E-state index contributed by atoms with van der Waals surface area (Å²) in [6.45, 7) is 3.66. The van der Waals surface area contributed by atoms with Gasteiger partial charge < -0.3 is 9.64 Å². The minimum atomic E-state index is -0.412. The van der Waals surface area contributed by atoms with Crippen LogP contribution in [-0.4, -0.2) is 31.0 Å². The van der Waals surface area contributed by atoms with Gasteiger partial charge in [0.2, 0.25) is 0 Å². The van der Waals surface area contributed by atoms with E-state index in [-0.39, 0.29) is 5.91 Å². The summed E-state index contributed by atoms with van der Waals surface area (Å²) >= 11 is 0. The molecule has 98 valence electrons. The Kier molecular flexibility index (Phi) is 3.84. The number of ether oxygens (including phenoxy) is 1. The number of piperidine rings is 1. The van der Waals surface area contributed by atoms with E-state index >= 15 is 0 Å². The molecule has 0 unspecified atom stereocenters. The molecule has 0 spiro atoms. The zero-order valence-electron chi connectivity index (χ0n) is 10.8. The molecule has 1 aliphatic heterocycles. The van der Waals surface area contributed by atoms with E-state index in [9.17, 15) is 9.18 Å². The number of rotatable bonds is 2. The molecule has 0 atom stereocenters. The summed E-state index contributed by atoms with van der Waals surface area (Å²) in [5.74, 6) is 0.534. The molecule has 0 radical (unpaired) electrons. The van der Waals surface area contributed by atoms with Crippen LogP contribution >= 0.6 is 0 Å². The first-order chi connectivity index (χ1) is 8.61. The minimum Gasteiger partial charge on any atom is -0.496 e. The second-order valence-electron chi connectivity index (χ2n) is 4.82. The zero-order chi connectivity index (χ0) is 13.1. The number of nitrogens with zero attached hydrogens (tertiary/aromatic N) is 1. The van der Waals surface area contributed by atoms with Gasteiger partial charge in [0.1, 0.15) is 11.6 Å². The zero-order valence-corrected chi connectivity index (χ0v) is 10.8. The monoisotopic (exact) mass is 251 g/mol. The molecular weight excluding hydrogens is 233 g/mol. The van der Waals surface area contributed by atoms with Gasteiger partial charge in [-0.1, -0.05) is 6.92 Å². The van der Waals surface area contributed by atoms with Gasteiger partial charge in [0.05, 0.1) is 12.7 Å². The maximum Gasteiger partial charge on any atom is 0.257 e. The van der Waals surface area contributed by atoms with E-state index in [1.165, 1.54) is 25.3 Å². The molecule has 1 saturated heterocycles. The number of halogens is 1. The predicted octanol–water partition coefficient (Wildman–Crippen LogP) is 2.71. The maximum absolute atomic E-state index is 13.2. The Morgan fingerprint density at radius 1 is 1.39 bits per heavy atom. The molecule has 1 aromatic rings. The molecule has 0 bridgehead atoms. The van der Waals surface area contributed by atoms with Crippen LogP contribution in [0.25, 0.3) is 0 Å². The fourth-order valence-corrected chi connectivity index (χ4v) is 2.23. The number of amides is 1. The summed E-state index contributed by atoms with van der Waals surface area (Å²) < 4.78 is 18.4. The molecule has 1 aromatic carbocycles. The van der Waals surface area contributed by atoms with Gasteiger partial charge in [-0.05, 0) is 37.0 Å². The van der Waals surface area contributed by atoms with Gasteiger partial charge in [0.25, 0.3) is 5.91 Å². The molecule has 0 saturated carbocycles. The Bertz CT molecular complexity index is 439. The molecule has 0 aromatic heterocycles. The summed E-state index contributed by atoms with van der Waals surface area (Å²) in [7, 11) is 1.49. The number of methoxy groups -OCH3 is 1. The van der Waals surface area contributed by atoms with Crippen LogP contribution < -0.4 is 4.74 Å². The lowest BCUT2D eigenvalue weighted by molar-refractivity contribution is 0.0693. The van der Waals surface area contributed by atoms with Crippen LogP contribution in [0.15, 0.2) is 18.2 Å². The molecule has 1 heterocycles. The van der Waals surface area contributed by atoms with Crippen LogP contribution in [0, 0.1) is 11.7 Å². The second-order valence-corrected chi connectivity index (χ2v) is 4.82. The number of benzene rings is 1. The van der Waals surface area contributed by atoms with Crippen molar-refractivity contribution in [3.05, 3.63) is 29.6 Å². The van der Waals surface area contributed by atoms with Gasteiger partial charge >= 0.3 is 0 Å². The van der Waals surface area contributed by atoms with Crippen LogP contribution in [0.3, 0.4) is 0 Å². The summed E-state index contributed by atoms with van der Waals surface area (Å²) in [5.41, 5.74) is 0.312. The normalized spacial score (nSPS) is 16.7. The lowest BCUT2D eigenvalue weighted by Gasteiger charge is -2.30. The Labute approximate surface area is 107 Å². The molecule has 0 N–H and O–H groups in total. The molecule has 3 nitrogen and oxygen atoms in total. The Morgan fingerprint density at radius 3 is 2.67 bits per heavy atom. The van der Waals surface area contributed by atoms with Gasteiger partial charge in [0.15, 0.2) is 0 Å². The third kappa shape index (κ3) is 2.63.